The van der Waals surface area contributed by atoms with Crippen LogP contribution in [0.25, 0.3) is 22.0 Å². The number of aromatic nitrogens is 2. The molecule has 1 saturated heterocycles. The van der Waals surface area contributed by atoms with Crippen molar-refractivity contribution in [3.05, 3.63) is 69.8 Å². The number of aromatic amines is 1. The van der Waals surface area contributed by atoms with E-state index < -0.39 is 0 Å². The van der Waals surface area contributed by atoms with Gasteiger partial charge in [0, 0.05) is 48.0 Å². The minimum Gasteiger partial charge on any atom is -0.378 e. The first kappa shape index (κ1) is 20.2. The number of carbonyl (C=O) groups is 1. The van der Waals surface area contributed by atoms with Crippen LogP contribution in [0.5, 0.6) is 0 Å². The Morgan fingerprint density at radius 2 is 1.97 bits per heavy atom. The maximum absolute atomic E-state index is 12.9. The molecule has 1 amide bonds. The van der Waals surface area contributed by atoms with Crippen molar-refractivity contribution in [1.82, 2.24) is 14.5 Å². The van der Waals surface area contributed by atoms with Gasteiger partial charge in [0.15, 0.2) is 0 Å². The van der Waals surface area contributed by atoms with E-state index in [1.165, 1.54) is 0 Å². The second-order valence-electron chi connectivity index (χ2n) is 7.74. The Morgan fingerprint density at radius 1 is 1.20 bits per heavy atom. The third-order valence-electron chi connectivity index (χ3n) is 5.61. The fraction of sp³-hybridized carbons (Fsp3) is 0.333. The van der Waals surface area contributed by atoms with Gasteiger partial charge in [0.25, 0.3) is 11.5 Å². The fourth-order valence-electron chi connectivity index (χ4n) is 3.99. The Balaban J connectivity index is 1.78. The SMILES string of the molecule is CC=CCn1cc(-c2ccc(C(=O)N3CCOCC3)c(C)c2)c2cc(C)[nH]c2c1=O. The molecule has 0 saturated carbocycles. The molecule has 0 radical (unpaired) electrons. The highest BCUT2D eigenvalue weighted by Crippen LogP contribution is 2.29. The second kappa shape index (κ2) is 8.32. The molecule has 1 aliphatic heterocycles. The average molecular weight is 405 g/mol. The molecular weight excluding hydrogens is 378 g/mol. The van der Waals surface area contributed by atoms with Crippen LogP contribution in [0.15, 0.2) is 47.4 Å². The maximum Gasteiger partial charge on any atom is 0.275 e. The topological polar surface area (TPSA) is 67.3 Å². The highest BCUT2D eigenvalue weighted by atomic mass is 16.5. The number of morpholine rings is 1. The van der Waals surface area contributed by atoms with E-state index in [4.69, 9.17) is 4.74 Å². The monoisotopic (exact) mass is 405 g/mol. The molecule has 0 spiro atoms. The Hall–Kier alpha value is -3.12. The Morgan fingerprint density at radius 3 is 2.67 bits per heavy atom. The van der Waals surface area contributed by atoms with E-state index in [1.807, 2.05) is 68.3 Å². The van der Waals surface area contributed by atoms with E-state index in [0.717, 1.165) is 27.8 Å². The molecule has 3 heterocycles. The predicted octanol–water partition coefficient (Wildman–Crippen LogP) is 3.66. The maximum atomic E-state index is 12.9. The van der Waals surface area contributed by atoms with Crippen molar-refractivity contribution in [2.24, 2.45) is 0 Å². The van der Waals surface area contributed by atoms with Crippen molar-refractivity contribution in [1.29, 1.82) is 0 Å². The van der Waals surface area contributed by atoms with Gasteiger partial charge < -0.3 is 19.2 Å². The van der Waals surface area contributed by atoms with Crippen LogP contribution in [-0.2, 0) is 11.3 Å². The van der Waals surface area contributed by atoms with E-state index in [0.29, 0.717) is 43.9 Å². The normalized spacial score (nSPS) is 14.7. The molecule has 2 aromatic heterocycles. The number of carbonyl (C=O) groups excluding carboxylic acids is 1. The highest BCUT2D eigenvalue weighted by molar-refractivity contribution is 5.98. The molecule has 0 atom stereocenters. The minimum atomic E-state index is -0.0317. The van der Waals surface area contributed by atoms with Gasteiger partial charge in [-0.3, -0.25) is 9.59 Å². The van der Waals surface area contributed by atoms with Gasteiger partial charge in [0.05, 0.1) is 13.2 Å². The van der Waals surface area contributed by atoms with Crippen LogP contribution >= 0.6 is 0 Å². The molecule has 4 rings (SSSR count). The predicted molar refractivity (Wildman–Crippen MR) is 119 cm³/mol. The van der Waals surface area contributed by atoms with Crippen molar-refractivity contribution < 1.29 is 9.53 Å². The molecular formula is C24H27N3O3. The first-order chi connectivity index (χ1) is 14.5. The van der Waals surface area contributed by atoms with Gasteiger partial charge >= 0.3 is 0 Å². The smallest absolute Gasteiger partial charge is 0.275 e. The summed E-state index contributed by atoms with van der Waals surface area (Å²) in [6.45, 7) is 8.79. The number of benzene rings is 1. The number of hydrogen-bond donors (Lipinski definition) is 1. The van der Waals surface area contributed by atoms with E-state index in [9.17, 15) is 9.59 Å². The lowest BCUT2D eigenvalue weighted by Gasteiger charge is -2.27. The summed E-state index contributed by atoms with van der Waals surface area (Å²) < 4.78 is 7.07. The van der Waals surface area contributed by atoms with Crippen LogP contribution in [0.2, 0.25) is 0 Å². The van der Waals surface area contributed by atoms with Crippen LogP contribution in [0.1, 0.15) is 28.5 Å². The number of amides is 1. The number of pyridine rings is 1. The Labute approximate surface area is 175 Å². The summed E-state index contributed by atoms with van der Waals surface area (Å²) in [4.78, 5) is 30.8. The number of nitrogens with one attached hydrogen (secondary N) is 1. The minimum absolute atomic E-state index is 0.0317. The van der Waals surface area contributed by atoms with Crippen LogP contribution in [-0.4, -0.2) is 46.7 Å². The lowest BCUT2D eigenvalue weighted by Crippen LogP contribution is -2.40. The summed E-state index contributed by atoms with van der Waals surface area (Å²) in [6, 6.07) is 7.92. The Bertz CT molecular complexity index is 1180. The standard InChI is InChI=1S/C24H27N3O3/c1-4-5-8-27-15-21(20-14-17(3)25-22(20)24(27)29)18-6-7-19(16(2)13-18)23(28)26-9-11-30-12-10-26/h4-7,13-15,25H,8-12H2,1-3H3. The largest absolute Gasteiger partial charge is 0.378 e. The summed E-state index contributed by atoms with van der Waals surface area (Å²) in [5, 5.41) is 0.904. The van der Waals surface area contributed by atoms with Gasteiger partial charge in [-0.1, -0.05) is 24.3 Å². The van der Waals surface area contributed by atoms with Crippen LogP contribution in [0, 0.1) is 13.8 Å². The molecule has 0 unspecified atom stereocenters. The van der Waals surface area contributed by atoms with Crippen molar-refractivity contribution in [3.63, 3.8) is 0 Å². The number of aryl methyl sites for hydroxylation is 2. The van der Waals surface area contributed by atoms with Crippen LogP contribution in [0.3, 0.4) is 0 Å². The lowest BCUT2D eigenvalue weighted by atomic mass is 9.98. The van der Waals surface area contributed by atoms with E-state index >= 15 is 0 Å². The number of nitrogens with zero attached hydrogens (tertiary/aromatic N) is 2. The number of H-pyrrole nitrogens is 1. The molecule has 156 valence electrons. The number of hydrogen-bond acceptors (Lipinski definition) is 3. The van der Waals surface area contributed by atoms with Gasteiger partial charge in [0.1, 0.15) is 5.52 Å². The number of allylic oxidation sites excluding steroid dienone is 2. The first-order valence-corrected chi connectivity index (χ1v) is 10.3. The zero-order valence-electron chi connectivity index (χ0n) is 17.7. The molecule has 6 heteroatoms. The van der Waals surface area contributed by atoms with Gasteiger partial charge in [-0.2, -0.15) is 0 Å². The summed E-state index contributed by atoms with van der Waals surface area (Å²) in [7, 11) is 0. The summed E-state index contributed by atoms with van der Waals surface area (Å²) in [5.41, 5.74) is 5.13. The van der Waals surface area contributed by atoms with Crippen molar-refractivity contribution >= 4 is 16.8 Å². The van der Waals surface area contributed by atoms with Crippen molar-refractivity contribution in [3.8, 4) is 11.1 Å². The third kappa shape index (κ3) is 3.71. The van der Waals surface area contributed by atoms with Crippen molar-refractivity contribution in [2.45, 2.75) is 27.3 Å². The Kier molecular flexibility index (Phi) is 5.59. The number of ether oxygens (including phenoxy) is 1. The average Bonchev–Trinajstić information content (AvgIpc) is 3.15. The number of rotatable bonds is 4. The molecule has 30 heavy (non-hydrogen) atoms. The zero-order valence-corrected chi connectivity index (χ0v) is 17.7. The lowest BCUT2D eigenvalue weighted by molar-refractivity contribution is 0.0302. The fourth-order valence-corrected chi connectivity index (χ4v) is 3.99. The van der Waals surface area contributed by atoms with Gasteiger partial charge in [-0.15, -0.1) is 0 Å². The number of fused-ring (bicyclic) bond motifs is 1. The molecule has 3 aromatic rings. The first-order valence-electron chi connectivity index (χ1n) is 10.3. The molecule has 1 fully saturated rings. The van der Waals surface area contributed by atoms with E-state index in [-0.39, 0.29) is 11.5 Å². The molecule has 1 N–H and O–H groups in total. The van der Waals surface area contributed by atoms with Gasteiger partial charge in [-0.25, -0.2) is 0 Å². The van der Waals surface area contributed by atoms with E-state index in [1.54, 1.807) is 4.57 Å². The van der Waals surface area contributed by atoms with Gasteiger partial charge in [0.2, 0.25) is 0 Å². The zero-order chi connectivity index (χ0) is 21.3. The second-order valence-corrected chi connectivity index (χ2v) is 7.74. The highest BCUT2D eigenvalue weighted by Gasteiger charge is 2.21. The molecule has 1 aliphatic rings. The quantitative estimate of drug-likeness (QED) is 0.674. The van der Waals surface area contributed by atoms with E-state index in [2.05, 4.69) is 4.98 Å². The van der Waals surface area contributed by atoms with Crippen LogP contribution in [0.4, 0.5) is 0 Å². The summed E-state index contributed by atoms with van der Waals surface area (Å²) >= 11 is 0. The summed E-state index contributed by atoms with van der Waals surface area (Å²) in [5.74, 6) is 0.0445. The van der Waals surface area contributed by atoms with Gasteiger partial charge in [-0.05, 0) is 44.0 Å². The molecule has 6 nitrogen and oxygen atoms in total. The molecule has 1 aromatic carbocycles. The summed E-state index contributed by atoms with van der Waals surface area (Å²) in [6.07, 6.45) is 5.81. The molecule has 0 aliphatic carbocycles. The van der Waals surface area contributed by atoms with Crippen molar-refractivity contribution in [2.75, 3.05) is 26.3 Å². The molecule has 0 bridgehead atoms. The third-order valence-corrected chi connectivity index (χ3v) is 5.61. The van der Waals surface area contributed by atoms with Crippen LogP contribution < -0.4 is 5.56 Å².